The highest BCUT2D eigenvalue weighted by Crippen LogP contribution is 2.36. The third kappa shape index (κ3) is 3.53. The van der Waals surface area contributed by atoms with Gasteiger partial charge in [-0.05, 0) is 52.9 Å². The van der Waals surface area contributed by atoms with Gasteiger partial charge in [0.25, 0.3) is 5.91 Å². The number of esters is 1. The van der Waals surface area contributed by atoms with E-state index in [-0.39, 0.29) is 16.1 Å². The number of hydrogen-bond donors (Lipinski definition) is 0. The number of halogens is 5. The first kappa shape index (κ1) is 19.6. The van der Waals surface area contributed by atoms with Gasteiger partial charge in [0, 0.05) is 5.39 Å². The first-order valence-electron chi connectivity index (χ1n) is 7.32. The molecule has 0 aliphatic rings. The second-order valence-electron chi connectivity index (χ2n) is 5.39. The molecular formula is C17H9ClF3IN2O3. The molecule has 3 aromatic rings. The molecule has 0 saturated heterocycles. The summed E-state index contributed by atoms with van der Waals surface area (Å²) in [6.07, 6.45) is -4.77. The van der Waals surface area contributed by atoms with E-state index < -0.39 is 29.2 Å². The van der Waals surface area contributed by atoms with Crippen molar-refractivity contribution < 1.29 is 27.5 Å². The van der Waals surface area contributed by atoms with Crippen LogP contribution in [-0.2, 0) is 10.9 Å². The molecule has 0 spiro atoms. The minimum atomic E-state index is -4.77. The monoisotopic (exact) mass is 508 g/mol. The molecule has 140 valence electrons. The van der Waals surface area contributed by atoms with Crippen LogP contribution in [0.3, 0.4) is 0 Å². The van der Waals surface area contributed by atoms with Crippen molar-refractivity contribution >= 4 is 57.0 Å². The summed E-state index contributed by atoms with van der Waals surface area (Å²) in [6, 6.07) is 7.43. The van der Waals surface area contributed by atoms with Gasteiger partial charge in [0.1, 0.15) is 3.70 Å². The van der Waals surface area contributed by atoms with Crippen molar-refractivity contribution in [2.75, 3.05) is 7.11 Å². The topological polar surface area (TPSA) is 61.2 Å². The van der Waals surface area contributed by atoms with Gasteiger partial charge in [-0.2, -0.15) is 23.0 Å². The fourth-order valence-corrected chi connectivity index (χ4v) is 3.49. The number of nitrogens with zero attached hydrogens (tertiary/aromatic N) is 2. The number of hydrogen-bond acceptors (Lipinski definition) is 4. The SMILES string of the molecule is COC(=O)c1ccc2c(I)nn(C(=O)c3c(Cl)cccc3C(F)(F)F)c2c1. The second-order valence-corrected chi connectivity index (χ2v) is 6.82. The first-order chi connectivity index (χ1) is 12.6. The van der Waals surface area contributed by atoms with Gasteiger partial charge < -0.3 is 4.74 Å². The molecular weight excluding hydrogens is 500 g/mol. The highest BCUT2D eigenvalue weighted by molar-refractivity contribution is 14.1. The average molecular weight is 509 g/mol. The summed E-state index contributed by atoms with van der Waals surface area (Å²) in [5.74, 6) is -1.70. The van der Waals surface area contributed by atoms with Gasteiger partial charge in [-0.3, -0.25) is 4.79 Å². The van der Waals surface area contributed by atoms with E-state index in [2.05, 4.69) is 9.84 Å². The number of methoxy groups -OCH3 is 1. The Morgan fingerprint density at radius 2 is 1.93 bits per heavy atom. The van der Waals surface area contributed by atoms with E-state index >= 15 is 0 Å². The van der Waals surface area contributed by atoms with Gasteiger partial charge in [0.15, 0.2) is 0 Å². The van der Waals surface area contributed by atoms with E-state index in [1.165, 1.54) is 31.4 Å². The number of carbonyl (C=O) groups is 2. The molecule has 0 amide bonds. The van der Waals surface area contributed by atoms with Crippen LogP contribution in [-0.4, -0.2) is 28.8 Å². The smallest absolute Gasteiger partial charge is 0.417 e. The predicted molar refractivity (Wildman–Crippen MR) is 100.0 cm³/mol. The molecule has 0 bridgehead atoms. The molecule has 0 aliphatic carbocycles. The summed E-state index contributed by atoms with van der Waals surface area (Å²) in [5.41, 5.74) is -1.58. The zero-order chi connectivity index (χ0) is 19.9. The van der Waals surface area contributed by atoms with E-state index in [0.29, 0.717) is 9.09 Å². The summed E-state index contributed by atoms with van der Waals surface area (Å²) < 4.78 is 45.8. The van der Waals surface area contributed by atoms with Crippen LogP contribution in [0.2, 0.25) is 5.02 Å². The van der Waals surface area contributed by atoms with E-state index in [0.717, 1.165) is 16.8 Å². The second kappa shape index (κ2) is 7.12. The van der Waals surface area contributed by atoms with Crippen LogP contribution in [0, 0.1) is 3.70 Å². The van der Waals surface area contributed by atoms with Gasteiger partial charge in [-0.25, -0.2) is 4.79 Å². The number of carbonyl (C=O) groups excluding carboxylic acids is 2. The lowest BCUT2D eigenvalue weighted by molar-refractivity contribution is -0.137. The lowest BCUT2D eigenvalue weighted by Crippen LogP contribution is -2.20. The van der Waals surface area contributed by atoms with Gasteiger partial charge in [-0.1, -0.05) is 17.7 Å². The molecule has 27 heavy (non-hydrogen) atoms. The molecule has 10 heteroatoms. The van der Waals surface area contributed by atoms with Gasteiger partial charge in [0.2, 0.25) is 0 Å². The largest absolute Gasteiger partial charge is 0.465 e. The molecule has 3 rings (SSSR count). The van der Waals surface area contributed by atoms with Crippen molar-refractivity contribution in [3.05, 3.63) is 61.8 Å². The zero-order valence-corrected chi connectivity index (χ0v) is 16.4. The molecule has 0 N–H and O–H groups in total. The number of aromatic nitrogens is 2. The molecule has 0 radical (unpaired) electrons. The summed E-state index contributed by atoms with van der Waals surface area (Å²) in [7, 11) is 1.19. The lowest BCUT2D eigenvalue weighted by atomic mass is 10.1. The van der Waals surface area contributed by atoms with Crippen LogP contribution in [0.5, 0.6) is 0 Å². The number of ether oxygens (including phenoxy) is 1. The van der Waals surface area contributed by atoms with Crippen LogP contribution in [0.15, 0.2) is 36.4 Å². The standard InChI is InChI=1S/C17H9ClF3IN2O3/c1-27-16(26)8-5-6-9-12(7-8)24(23-14(9)22)15(25)13-10(17(19,20)21)3-2-4-11(13)18/h2-7H,1H3. The Kier molecular flexibility index (Phi) is 5.17. The summed E-state index contributed by atoms with van der Waals surface area (Å²) in [6.45, 7) is 0. The Morgan fingerprint density at radius 3 is 2.56 bits per heavy atom. The molecule has 5 nitrogen and oxygen atoms in total. The van der Waals surface area contributed by atoms with E-state index in [4.69, 9.17) is 11.6 Å². The number of benzene rings is 2. The number of fused-ring (bicyclic) bond motifs is 1. The van der Waals surface area contributed by atoms with Crippen LogP contribution in [0.1, 0.15) is 26.3 Å². The Balaban J connectivity index is 2.25. The van der Waals surface area contributed by atoms with Gasteiger partial charge in [-0.15, -0.1) is 0 Å². The fraction of sp³-hybridized carbons (Fsp3) is 0.118. The van der Waals surface area contributed by atoms with E-state index in [1.54, 1.807) is 0 Å². The van der Waals surface area contributed by atoms with Crippen LogP contribution >= 0.6 is 34.2 Å². The number of rotatable bonds is 2. The normalized spacial score (nSPS) is 11.6. The molecule has 0 aliphatic heterocycles. The van der Waals surface area contributed by atoms with Crippen molar-refractivity contribution in [2.24, 2.45) is 0 Å². The highest BCUT2D eigenvalue weighted by atomic mass is 127. The molecule has 2 aromatic carbocycles. The van der Waals surface area contributed by atoms with E-state index in [9.17, 15) is 22.8 Å². The molecule has 1 heterocycles. The minimum Gasteiger partial charge on any atom is -0.465 e. The quantitative estimate of drug-likeness (QED) is 0.369. The third-order valence-electron chi connectivity index (χ3n) is 3.78. The average Bonchev–Trinajstić information content (AvgIpc) is 2.95. The summed E-state index contributed by atoms with van der Waals surface area (Å²) in [5, 5.41) is 4.18. The van der Waals surface area contributed by atoms with Crippen molar-refractivity contribution in [1.82, 2.24) is 9.78 Å². The molecule has 0 unspecified atom stereocenters. The summed E-state index contributed by atoms with van der Waals surface area (Å²) in [4.78, 5) is 24.7. The van der Waals surface area contributed by atoms with Crippen molar-refractivity contribution in [1.29, 1.82) is 0 Å². The Hall–Kier alpha value is -2.14. The van der Waals surface area contributed by atoms with Gasteiger partial charge in [0.05, 0.1) is 34.3 Å². The van der Waals surface area contributed by atoms with Crippen molar-refractivity contribution in [3.8, 4) is 0 Å². The maximum absolute atomic E-state index is 13.3. The maximum Gasteiger partial charge on any atom is 0.417 e. The molecule has 0 atom stereocenters. The third-order valence-corrected chi connectivity index (χ3v) is 4.89. The Labute approximate surface area is 169 Å². The zero-order valence-electron chi connectivity index (χ0n) is 13.5. The van der Waals surface area contributed by atoms with Gasteiger partial charge >= 0.3 is 12.1 Å². The Morgan fingerprint density at radius 1 is 1.22 bits per heavy atom. The molecule has 0 fully saturated rings. The van der Waals surface area contributed by atoms with Crippen LogP contribution in [0.25, 0.3) is 10.9 Å². The molecule has 0 saturated carbocycles. The Bertz CT molecular complexity index is 1080. The van der Waals surface area contributed by atoms with Crippen LogP contribution in [0.4, 0.5) is 13.2 Å². The fourth-order valence-electron chi connectivity index (χ4n) is 2.56. The maximum atomic E-state index is 13.3. The predicted octanol–water partition coefficient (Wildman–Crippen LogP) is 4.79. The first-order valence-corrected chi connectivity index (χ1v) is 8.78. The summed E-state index contributed by atoms with van der Waals surface area (Å²) >= 11 is 7.75. The van der Waals surface area contributed by atoms with Crippen LogP contribution < -0.4 is 0 Å². The minimum absolute atomic E-state index is 0.130. The van der Waals surface area contributed by atoms with E-state index in [1.807, 2.05) is 22.6 Å². The lowest BCUT2D eigenvalue weighted by Gasteiger charge is -2.13. The van der Waals surface area contributed by atoms with Crippen molar-refractivity contribution in [2.45, 2.75) is 6.18 Å². The highest BCUT2D eigenvalue weighted by Gasteiger charge is 2.37. The van der Waals surface area contributed by atoms with Crippen molar-refractivity contribution in [3.63, 3.8) is 0 Å². The molecule has 1 aromatic heterocycles. The number of alkyl halides is 3.